The second-order valence-electron chi connectivity index (χ2n) is 22.5. The molecule has 0 radical (unpaired) electrons. The second kappa shape index (κ2) is 25.2. The van der Waals surface area contributed by atoms with Crippen LogP contribution >= 0.6 is 0 Å². The Morgan fingerprint density at radius 2 is 1.39 bits per heavy atom. The summed E-state index contributed by atoms with van der Waals surface area (Å²) in [6, 6.07) is 2.78. The second-order valence-corrected chi connectivity index (χ2v) is 32.0. The molecule has 4 saturated heterocycles. The molecule has 0 amide bonds. The Bertz CT molecular complexity index is 1780. The largest absolute Gasteiger partial charge is 0.464 e. The van der Waals surface area contributed by atoms with E-state index < -0.39 is 100 Å². The van der Waals surface area contributed by atoms with Gasteiger partial charge in [0.1, 0.15) is 37.0 Å². The number of carbonyl (C=O) groups excluding carboxylic acids is 5. The first-order valence-corrected chi connectivity index (χ1v) is 31.3. The lowest BCUT2D eigenvalue weighted by atomic mass is 9.78. The van der Waals surface area contributed by atoms with E-state index in [-0.39, 0.29) is 49.1 Å². The summed E-state index contributed by atoms with van der Waals surface area (Å²) in [5.41, 5.74) is 0.0133. The maximum Gasteiger partial charge on any atom is 0.332 e. The van der Waals surface area contributed by atoms with Crippen LogP contribution in [0.25, 0.3) is 0 Å². The van der Waals surface area contributed by atoms with E-state index in [1.54, 1.807) is 14.0 Å². The van der Waals surface area contributed by atoms with Gasteiger partial charge >= 0.3 is 17.9 Å². The Kier molecular flexibility index (Phi) is 21.7. The first-order valence-electron chi connectivity index (χ1n) is 25.9. The van der Waals surface area contributed by atoms with E-state index in [0.29, 0.717) is 63.4 Å². The van der Waals surface area contributed by atoms with E-state index >= 15 is 0 Å². The van der Waals surface area contributed by atoms with Crippen LogP contribution in [0.1, 0.15) is 147 Å². The summed E-state index contributed by atoms with van der Waals surface area (Å²) in [4.78, 5) is 64.3. The SMILES string of the molecule is C=C(C[C@H]1C[C@](C)(O[Si](CC)(CC)CC)C[C@@]2(C[C@@H](OC(C)=O)C[C@H](CCOC(=O)COC)O2)O1)[C@@H](C)[C@H](OC(C)=O)[C@H](C)C(=O)C[C@@H]1C[C@H](OC)C[C@@]2(C[C@@H](O[Si](C)(C)C(C)(C)C)C[C@H](C=O)O2)O1. The van der Waals surface area contributed by atoms with Gasteiger partial charge in [-0.25, -0.2) is 4.79 Å². The molecule has 13 atom stereocenters. The van der Waals surface area contributed by atoms with Crippen molar-refractivity contribution in [3.05, 3.63) is 12.2 Å². The highest BCUT2D eigenvalue weighted by molar-refractivity contribution is 6.74. The average molecular weight is 1030 g/mol. The molecule has 4 heterocycles. The zero-order chi connectivity index (χ0) is 52.5. The Morgan fingerprint density at radius 3 is 1.96 bits per heavy atom. The van der Waals surface area contributed by atoms with Crippen molar-refractivity contribution in [2.75, 3.05) is 27.4 Å². The molecule has 4 aliphatic rings. The number of ether oxygens (including phenoxy) is 9. The van der Waals surface area contributed by atoms with Crippen molar-refractivity contribution < 1.29 is 75.5 Å². The highest BCUT2D eigenvalue weighted by Gasteiger charge is 2.56. The lowest BCUT2D eigenvalue weighted by Crippen LogP contribution is -2.61. The molecule has 0 aliphatic carbocycles. The normalized spacial score (nSPS) is 32.1. The molecular formula is C52H90O16Si2. The summed E-state index contributed by atoms with van der Waals surface area (Å²) in [7, 11) is -1.38. The Labute approximate surface area is 421 Å². The lowest BCUT2D eigenvalue weighted by molar-refractivity contribution is -0.348. The number of hydrogen-bond donors (Lipinski definition) is 0. The van der Waals surface area contributed by atoms with E-state index in [9.17, 15) is 24.0 Å². The zero-order valence-electron chi connectivity index (χ0n) is 45.4. The standard InChI is InChI=1S/C52H90O16Si2/c1-17-70(18-2,19-3)68-50(12)27-43(65-52(33-50)29-42(61-37(7)54)23-39(63-52)20-21-60-47(57)32-58-13)22-34(4)35(5)48(62-38(8)55)36(6)46(56)26-40-24-41(59-14)28-51(64-40)30-44(25-45(31-53)66-51)67-69(15,16)49(9,10)11/h31,35-36,39-45,48H,4,17-30,32-33H2,1-3,5-16H3/t35-,36-,39+,40+,41+,42+,43+,44+,45-,48+,50+,51-,52-/m1/s1. The predicted molar refractivity (Wildman–Crippen MR) is 268 cm³/mol. The van der Waals surface area contributed by atoms with Gasteiger partial charge in [-0.2, -0.15) is 0 Å². The van der Waals surface area contributed by atoms with E-state index in [1.807, 2.05) is 6.92 Å². The number of carbonyl (C=O) groups is 5. The average Bonchev–Trinajstić information content (AvgIpc) is 3.25. The van der Waals surface area contributed by atoms with Gasteiger partial charge in [-0.1, -0.05) is 67.5 Å². The van der Waals surface area contributed by atoms with Gasteiger partial charge < -0.3 is 56.3 Å². The summed E-state index contributed by atoms with van der Waals surface area (Å²) < 4.78 is 69.4. The van der Waals surface area contributed by atoms with Crippen LogP contribution in [0, 0.1) is 11.8 Å². The van der Waals surface area contributed by atoms with Crippen LogP contribution in [0.2, 0.25) is 36.3 Å². The number of esters is 3. The number of hydrogen-bond acceptors (Lipinski definition) is 16. The molecule has 0 bridgehead atoms. The molecule has 18 heteroatoms. The van der Waals surface area contributed by atoms with Crippen LogP contribution in [0.5, 0.6) is 0 Å². The molecule has 0 N–H and O–H groups in total. The highest BCUT2D eigenvalue weighted by Crippen LogP contribution is 2.50. The van der Waals surface area contributed by atoms with Crippen LogP contribution in [0.4, 0.5) is 0 Å². The van der Waals surface area contributed by atoms with Crippen LogP contribution in [-0.2, 0) is 75.5 Å². The number of methoxy groups -OCH3 is 2. The molecular weight excluding hydrogens is 937 g/mol. The summed E-state index contributed by atoms with van der Waals surface area (Å²) in [5, 5.41) is -0.0509. The van der Waals surface area contributed by atoms with Gasteiger partial charge in [-0.15, -0.1) is 0 Å². The fourth-order valence-electron chi connectivity index (χ4n) is 11.1. The van der Waals surface area contributed by atoms with Crippen molar-refractivity contribution in [2.24, 2.45) is 11.8 Å². The molecule has 0 aromatic carbocycles. The van der Waals surface area contributed by atoms with E-state index in [0.717, 1.165) is 24.4 Å². The summed E-state index contributed by atoms with van der Waals surface area (Å²) >= 11 is 0. The minimum atomic E-state index is -2.23. The number of Topliss-reactive ketones (excluding diaryl/α,β-unsaturated/α-hetero) is 1. The van der Waals surface area contributed by atoms with Gasteiger partial charge in [0.05, 0.1) is 48.6 Å². The van der Waals surface area contributed by atoms with E-state index in [4.69, 9.17) is 51.5 Å². The maximum atomic E-state index is 14.5. The van der Waals surface area contributed by atoms with Crippen LogP contribution in [-0.4, -0.2) is 140 Å². The fourth-order valence-corrected chi connectivity index (χ4v) is 15.6. The highest BCUT2D eigenvalue weighted by atomic mass is 28.4. The number of rotatable bonds is 24. The lowest BCUT2D eigenvalue weighted by Gasteiger charge is -2.55. The number of aldehydes is 1. The predicted octanol–water partition coefficient (Wildman–Crippen LogP) is 9.10. The summed E-state index contributed by atoms with van der Waals surface area (Å²) in [6.07, 6.45) is 0.361. The summed E-state index contributed by atoms with van der Waals surface area (Å²) in [5.74, 6) is -5.27. The van der Waals surface area contributed by atoms with E-state index in [2.05, 4.69) is 68.1 Å². The smallest absolute Gasteiger partial charge is 0.332 e. The Hall–Kier alpha value is -2.40. The molecule has 4 aliphatic heterocycles. The van der Waals surface area contributed by atoms with Crippen molar-refractivity contribution in [3.8, 4) is 0 Å². The van der Waals surface area contributed by atoms with Crippen molar-refractivity contribution in [1.82, 2.24) is 0 Å². The molecule has 0 unspecified atom stereocenters. The molecule has 0 saturated carbocycles. The fraction of sp³-hybridized carbons (Fsp3) is 0.865. The molecule has 2 spiro atoms. The Balaban J connectivity index is 1.59. The van der Waals surface area contributed by atoms with Crippen LogP contribution in [0.3, 0.4) is 0 Å². The topological polar surface area (TPSA) is 187 Å². The third-order valence-corrected chi connectivity index (χ3v) is 25.1. The minimum absolute atomic E-state index is 0.00191. The van der Waals surface area contributed by atoms with Crippen molar-refractivity contribution in [2.45, 2.75) is 249 Å². The molecule has 402 valence electrons. The molecule has 16 nitrogen and oxygen atoms in total. The van der Waals surface area contributed by atoms with Crippen molar-refractivity contribution in [3.63, 3.8) is 0 Å². The van der Waals surface area contributed by atoms with Gasteiger partial charge in [0.15, 0.2) is 28.2 Å². The Morgan fingerprint density at radius 1 is 0.786 bits per heavy atom. The molecule has 4 rings (SSSR count). The van der Waals surface area contributed by atoms with Crippen molar-refractivity contribution >= 4 is 46.6 Å². The first kappa shape index (κ1) is 60.2. The third kappa shape index (κ3) is 16.3. The maximum absolute atomic E-state index is 14.5. The van der Waals surface area contributed by atoms with E-state index in [1.165, 1.54) is 21.0 Å². The summed E-state index contributed by atoms with van der Waals surface area (Å²) in [6.45, 7) is 30.4. The quantitative estimate of drug-likeness (QED) is 0.0293. The van der Waals surface area contributed by atoms with Crippen LogP contribution in [0.15, 0.2) is 12.2 Å². The molecule has 0 aromatic rings. The number of ketones is 1. The van der Waals surface area contributed by atoms with Gasteiger partial charge in [-0.05, 0) is 49.6 Å². The third-order valence-electron chi connectivity index (χ3n) is 15.8. The van der Waals surface area contributed by atoms with Crippen LogP contribution < -0.4 is 0 Å². The van der Waals surface area contributed by atoms with Gasteiger partial charge in [0.25, 0.3) is 0 Å². The monoisotopic (exact) mass is 1030 g/mol. The van der Waals surface area contributed by atoms with Gasteiger partial charge in [-0.3, -0.25) is 14.4 Å². The zero-order valence-corrected chi connectivity index (χ0v) is 47.4. The minimum Gasteiger partial charge on any atom is -0.464 e. The molecule has 0 aromatic heterocycles. The molecule has 4 fully saturated rings. The van der Waals surface area contributed by atoms with Gasteiger partial charge in [0, 0.05) is 98.2 Å². The van der Waals surface area contributed by atoms with Gasteiger partial charge in [0.2, 0.25) is 0 Å². The molecule has 70 heavy (non-hydrogen) atoms. The van der Waals surface area contributed by atoms with Crippen molar-refractivity contribution in [1.29, 1.82) is 0 Å². The first-order chi connectivity index (χ1) is 32.6.